The Kier molecular flexibility index (Phi) is 10.6. The van der Waals surface area contributed by atoms with Gasteiger partial charge in [-0.15, -0.1) is 0 Å². The van der Waals surface area contributed by atoms with Gasteiger partial charge in [0.25, 0.3) is 0 Å². The standard InChI is InChI=1S/C20H37N3O/c1-4-6-7-8-9-10-11-12-13-14-20-22-16-18-23(20,5-2)17-15-21-19(3)24/h7-8H,4-6,9-18H2,1-3H3/p+1/b8-7+. The monoisotopic (exact) mass is 336 g/mol. The summed E-state index contributed by atoms with van der Waals surface area (Å²) in [6.45, 7) is 10.9. The molecule has 1 N–H and O–H groups in total. The second kappa shape index (κ2) is 12.2. The third kappa shape index (κ3) is 7.61. The van der Waals surface area contributed by atoms with Crippen molar-refractivity contribution in [1.82, 2.24) is 5.32 Å². The third-order valence-electron chi connectivity index (χ3n) is 5.03. The average Bonchev–Trinajstić information content (AvgIpc) is 2.96. The van der Waals surface area contributed by atoms with E-state index in [0.717, 1.165) is 43.6 Å². The van der Waals surface area contributed by atoms with Crippen LogP contribution < -0.4 is 5.32 Å². The van der Waals surface area contributed by atoms with Gasteiger partial charge < -0.3 is 5.32 Å². The van der Waals surface area contributed by atoms with Gasteiger partial charge in [-0.1, -0.05) is 38.3 Å². The molecule has 4 nitrogen and oxygen atoms in total. The van der Waals surface area contributed by atoms with Crippen LogP contribution in [0.3, 0.4) is 0 Å². The summed E-state index contributed by atoms with van der Waals surface area (Å²) < 4.78 is 0.986. The lowest BCUT2D eigenvalue weighted by atomic mass is 10.1. The predicted molar refractivity (Wildman–Crippen MR) is 103 cm³/mol. The van der Waals surface area contributed by atoms with Crippen molar-refractivity contribution >= 4 is 11.7 Å². The van der Waals surface area contributed by atoms with Gasteiger partial charge in [-0.2, -0.15) is 0 Å². The number of nitrogens with one attached hydrogen (secondary N) is 1. The lowest BCUT2D eigenvalue weighted by Crippen LogP contribution is -2.54. The first kappa shape index (κ1) is 20.9. The number of allylic oxidation sites excluding steroid dienone is 2. The van der Waals surface area contributed by atoms with Crippen molar-refractivity contribution in [2.75, 3.05) is 32.7 Å². The van der Waals surface area contributed by atoms with Crippen molar-refractivity contribution in [3.05, 3.63) is 12.2 Å². The molecule has 0 aromatic rings. The van der Waals surface area contributed by atoms with Gasteiger partial charge in [-0.05, 0) is 32.6 Å². The van der Waals surface area contributed by atoms with Crippen molar-refractivity contribution in [2.45, 2.75) is 72.1 Å². The van der Waals surface area contributed by atoms with Crippen LogP contribution in [0.2, 0.25) is 0 Å². The summed E-state index contributed by atoms with van der Waals surface area (Å²) in [6.07, 6.45) is 14.7. The summed E-state index contributed by atoms with van der Waals surface area (Å²) in [5, 5.41) is 2.94. The normalized spacial score (nSPS) is 20.5. The molecular weight excluding hydrogens is 298 g/mol. The van der Waals surface area contributed by atoms with Gasteiger partial charge in [0.1, 0.15) is 13.1 Å². The van der Waals surface area contributed by atoms with Crippen LogP contribution in [0.5, 0.6) is 0 Å². The molecule has 0 aromatic heterocycles. The Hall–Kier alpha value is -1.16. The molecule has 1 aliphatic heterocycles. The molecule has 1 atom stereocenters. The van der Waals surface area contributed by atoms with E-state index in [1.54, 1.807) is 6.92 Å². The fourth-order valence-corrected chi connectivity index (χ4v) is 3.45. The fourth-order valence-electron chi connectivity index (χ4n) is 3.45. The summed E-state index contributed by atoms with van der Waals surface area (Å²) in [4.78, 5) is 15.9. The molecule has 1 unspecified atom stereocenters. The number of nitrogens with zero attached hydrogens (tertiary/aromatic N) is 2. The second-order valence-electron chi connectivity index (χ2n) is 6.90. The summed E-state index contributed by atoms with van der Waals surface area (Å²) in [7, 11) is 0. The topological polar surface area (TPSA) is 41.5 Å². The lowest BCUT2D eigenvalue weighted by Gasteiger charge is -2.33. The maximum absolute atomic E-state index is 11.1. The van der Waals surface area contributed by atoms with Crippen LogP contribution in [0.4, 0.5) is 0 Å². The van der Waals surface area contributed by atoms with E-state index in [9.17, 15) is 4.79 Å². The van der Waals surface area contributed by atoms with Gasteiger partial charge in [0.15, 0.2) is 5.84 Å². The van der Waals surface area contributed by atoms with Gasteiger partial charge >= 0.3 is 0 Å². The molecule has 0 aliphatic carbocycles. The Morgan fingerprint density at radius 1 is 1.17 bits per heavy atom. The zero-order chi connectivity index (χ0) is 17.7. The highest BCUT2D eigenvalue weighted by molar-refractivity contribution is 5.77. The number of amides is 1. The Morgan fingerprint density at radius 3 is 2.62 bits per heavy atom. The maximum atomic E-state index is 11.1. The third-order valence-corrected chi connectivity index (χ3v) is 5.03. The van der Waals surface area contributed by atoms with Crippen LogP contribution in [-0.2, 0) is 4.79 Å². The first-order valence-electron chi connectivity index (χ1n) is 9.94. The minimum Gasteiger partial charge on any atom is -0.351 e. The van der Waals surface area contributed by atoms with Crippen molar-refractivity contribution < 1.29 is 9.28 Å². The van der Waals surface area contributed by atoms with E-state index in [1.165, 1.54) is 50.8 Å². The molecule has 0 saturated heterocycles. The second-order valence-corrected chi connectivity index (χ2v) is 6.90. The Bertz CT molecular complexity index is 417. The molecule has 0 fully saturated rings. The molecule has 1 amide bonds. The molecule has 24 heavy (non-hydrogen) atoms. The quantitative estimate of drug-likeness (QED) is 0.307. The number of carbonyl (C=O) groups is 1. The number of quaternary nitrogens is 1. The molecule has 1 heterocycles. The van der Waals surface area contributed by atoms with Gasteiger partial charge in [0.2, 0.25) is 5.91 Å². The van der Waals surface area contributed by atoms with Gasteiger partial charge in [0.05, 0.1) is 19.6 Å². The van der Waals surface area contributed by atoms with Crippen LogP contribution in [0.15, 0.2) is 17.1 Å². The minimum absolute atomic E-state index is 0.0647. The fraction of sp³-hybridized carbons (Fsp3) is 0.800. The highest BCUT2D eigenvalue weighted by atomic mass is 16.1. The number of unbranched alkanes of at least 4 members (excludes halogenated alkanes) is 5. The Labute approximate surface area is 149 Å². The van der Waals surface area contributed by atoms with Crippen LogP contribution in [-0.4, -0.2) is 48.9 Å². The number of hydrogen-bond donors (Lipinski definition) is 1. The van der Waals surface area contributed by atoms with Crippen molar-refractivity contribution in [1.29, 1.82) is 0 Å². The molecule has 1 rings (SSSR count). The van der Waals surface area contributed by atoms with Gasteiger partial charge in [-0.3, -0.25) is 9.28 Å². The largest absolute Gasteiger partial charge is 0.351 e. The Balaban J connectivity index is 2.23. The SMILES string of the molecule is CCC/C=C/CCCCCCC1=NCC[N+]1(CC)CCNC(C)=O. The maximum Gasteiger partial charge on any atom is 0.217 e. The zero-order valence-electron chi connectivity index (χ0n) is 16.1. The van der Waals surface area contributed by atoms with E-state index < -0.39 is 0 Å². The summed E-state index contributed by atoms with van der Waals surface area (Å²) in [5.41, 5.74) is 0. The molecule has 0 bridgehead atoms. The van der Waals surface area contributed by atoms with Crippen LogP contribution in [0.1, 0.15) is 72.1 Å². The highest BCUT2D eigenvalue weighted by Gasteiger charge is 2.35. The minimum atomic E-state index is 0.0647. The van der Waals surface area contributed by atoms with Crippen molar-refractivity contribution in [3.8, 4) is 0 Å². The first-order valence-corrected chi connectivity index (χ1v) is 9.94. The summed E-state index contributed by atoms with van der Waals surface area (Å²) in [6, 6.07) is 0. The van der Waals surface area contributed by atoms with Crippen molar-refractivity contribution in [3.63, 3.8) is 0 Å². The van der Waals surface area contributed by atoms with Crippen LogP contribution in [0, 0.1) is 0 Å². The summed E-state index contributed by atoms with van der Waals surface area (Å²) >= 11 is 0. The zero-order valence-corrected chi connectivity index (χ0v) is 16.1. The molecule has 0 aromatic carbocycles. The molecule has 0 radical (unpaired) electrons. The number of amidine groups is 1. The molecule has 0 spiro atoms. The van der Waals surface area contributed by atoms with Crippen LogP contribution >= 0.6 is 0 Å². The van der Waals surface area contributed by atoms with E-state index in [0.29, 0.717) is 0 Å². The molecule has 1 aliphatic rings. The van der Waals surface area contributed by atoms with E-state index >= 15 is 0 Å². The molecule has 138 valence electrons. The van der Waals surface area contributed by atoms with E-state index in [2.05, 4.69) is 31.3 Å². The molecule has 0 saturated carbocycles. The number of hydrogen-bond acceptors (Lipinski definition) is 2. The average molecular weight is 337 g/mol. The van der Waals surface area contributed by atoms with E-state index in [1.807, 2.05) is 0 Å². The molecular formula is C20H38N3O+. The van der Waals surface area contributed by atoms with Crippen LogP contribution in [0.25, 0.3) is 0 Å². The van der Waals surface area contributed by atoms with E-state index in [-0.39, 0.29) is 5.91 Å². The number of rotatable bonds is 13. The van der Waals surface area contributed by atoms with Gasteiger partial charge in [0, 0.05) is 13.3 Å². The summed E-state index contributed by atoms with van der Waals surface area (Å²) in [5.74, 6) is 1.43. The predicted octanol–water partition coefficient (Wildman–Crippen LogP) is 4.07. The number of carbonyl (C=O) groups excluding carboxylic acids is 1. The number of aliphatic imine (C=N–C) groups is 1. The van der Waals surface area contributed by atoms with Crippen molar-refractivity contribution in [2.24, 2.45) is 4.99 Å². The lowest BCUT2D eigenvalue weighted by molar-refractivity contribution is -0.833. The smallest absolute Gasteiger partial charge is 0.217 e. The molecule has 4 heteroatoms. The van der Waals surface area contributed by atoms with E-state index in [4.69, 9.17) is 4.99 Å². The Morgan fingerprint density at radius 2 is 1.92 bits per heavy atom. The highest BCUT2D eigenvalue weighted by Crippen LogP contribution is 2.19. The number of likely N-dealkylation sites (N-methyl/N-ethyl adjacent to an activating group) is 1. The van der Waals surface area contributed by atoms with Gasteiger partial charge in [-0.25, -0.2) is 4.99 Å². The first-order chi connectivity index (χ1) is 11.6.